The first kappa shape index (κ1) is 12.8. The summed E-state index contributed by atoms with van der Waals surface area (Å²) in [6.45, 7) is 1.69. The minimum atomic E-state index is -0.289. The van der Waals surface area contributed by atoms with Crippen molar-refractivity contribution < 1.29 is 19.1 Å². The van der Waals surface area contributed by atoms with Gasteiger partial charge in [0.05, 0.1) is 6.10 Å². The lowest BCUT2D eigenvalue weighted by Crippen LogP contribution is -2.29. The second-order valence-electron chi connectivity index (χ2n) is 4.45. The molecule has 0 amide bonds. The van der Waals surface area contributed by atoms with Gasteiger partial charge in [0.15, 0.2) is 0 Å². The fraction of sp³-hybridized carbons (Fsp3) is 0.538. The Kier molecular flexibility index (Phi) is 4.15. The summed E-state index contributed by atoms with van der Waals surface area (Å²) in [6.07, 6.45) is 8.79. The Hall–Kier alpha value is -1.62. The van der Waals surface area contributed by atoms with Gasteiger partial charge in [-0.25, -0.2) is 0 Å². The number of nitrogens with zero attached hydrogens (tertiary/aromatic N) is 1. The molecular weight excluding hydrogens is 234 g/mol. The van der Waals surface area contributed by atoms with Gasteiger partial charge in [-0.15, -0.1) is 0 Å². The first-order valence-electron chi connectivity index (χ1n) is 6.08. The van der Waals surface area contributed by atoms with Crippen molar-refractivity contribution in [3.8, 4) is 0 Å². The summed E-state index contributed by atoms with van der Waals surface area (Å²) < 4.78 is 10.7. The lowest BCUT2D eigenvalue weighted by molar-refractivity contribution is -0.146. The highest BCUT2D eigenvalue weighted by Gasteiger charge is 2.29. The van der Waals surface area contributed by atoms with Crippen LogP contribution in [0.25, 0.3) is 0 Å². The topological polar surface area (TPSA) is 55.8 Å². The lowest BCUT2D eigenvalue weighted by atomic mass is 10.1. The highest BCUT2D eigenvalue weighted by Crippen LogP contribution is 2.25. The summed E-state index contributed by atoms with van der Waals surface area (Å²) in [4.78, 5) is 23.4. The van der Waals surface area contributed by atoms with Crippen LogP contribution in [0.5, 0.6) is 0 Å². The van der Waals surface area contributed by atoms with Gasteiger partial charge in [-0.2, -0.15) is 0 Å². The van der Waals surface area contributed by atoms with Crippen LogP contribution in [0.1, 0.15) is 26.2 Å². The third-order valence-electron chi connectivity index (χ3n) is 2.99. The van der Waals surface area contributed by atoms with Crippen LogP contribution in [-0.4, -0.2) is 36.1 Å². The lowest BCUT2D eigenvalue weighted by Gasteiger charge is -2.26. The Labute approximate surface area is 106 Å². The molecule has 98 valence electrons. The van der Waals surface area contributed by atoms with Gasteiger partial charge in [0.25, 0.3) is 0 Å². The van der Waals surface area contributed by atoms with Crippen LogP contribution in [-0.2, 0) is 19.1 Å². The molecule has 18 heavy (non-hydrogen) atoms. The Morgan fingerprint density at radius 3 is 3.17 bits per heavy atom. The predicted octanol–water partition coefficient (Wildman–Crippen LogP) is 1.36. The van der Waals surface area contributed by atoms with Gasteiger partial charge in [0, 0.05) is 24.9 Å². The summed E-state index contributed by atoms with van der Waals surface area (Å²) in [5, 5.41) is 0. The van der Waals surface area contributed by atoms with Crippen LogP contribution < -0.4 is 0 Å². The maximum atomic E-state index is 10.7. The van der Waals surface area contributed by atoms with Gasteiger partial charge < -0.3 is 14.4 Å². The summed E-state index contributed by atoms with van der Waals surface area (Å²) in [6, 6.07) is 0. The average molecular weight is 251 g/mol. The molecule has 5 heteroatoms. The zero-order valence-electron chi connectivity index (χ0n) is 10.4. The molecule has 2 aliphatic rings. The molecule has 2 heterocycles. The van der Waals surface area contributed by atoms with Gasteiger partial charge in [-0.1, -0.05) is 6.08 Å². The molecule has 0 aromatic carbocycles. The SMILES string of the molecule is CC(=O)OCC1CCC(N2C=CCC(C=O)=C2)O1. The second-order valence-corrected chi connectivity index (χ2v) is 4.45. The first-order valence-corrected chi connectivity index (χ1v) is 6.08. The molecule has 0 N–H and O–H groups in total. The highest BCUT2D eigenvalue weighted by molar-refractivity contribution is 5.73. The van der Waals surface area contributed by atoms with E-state index in [0.29, 0.717) is 13.0 Å². The number of hydrogen-bond donors (Lipinski definition) is 0. The summed E-state index contributed by atoms with van der Waals surface area (Å²) in [5.74, 6) is -0.289. The van der Waals surface area contributed by atoms with Crippen molar-refractivity contribution >= 4 is 12.3 Å². The van der Waals surface area contributed by atoms with E-state index in [1.54, 1.807) is 0 Å². The summed E-state index contributed by atoms with van der Waals surface area (Å²) >= 11 is 0. The molecular formula is C13H17NO4. The largest absolute Gasteiger partial charge is 0.463 e. The second kappa shape index (κ2) is 5.82. The van der Waals surface area contributed by atoms with E-state index < -0.39 is 0 Å². The van der Waals surface area contributed by atoms with E-state index in [1.807, 2.05) is 23.4 Å². The minimum absolute atomic E-state index is 0.0534. The first-order chi connectivity index (χ1) is 8.69. The number of carbonyl (C=O) groups is 2. The Morgan fingerprint density at radius 1 is 1.61 bits per heavy atom. The minimum Gasteiger partial charge on any atom is -0.463 e. The molecule has 1 fully saturated rings. The van der Waals surface area contributed by atoms with Crippen molar-refractivity contribution in [2.24, 2.45) is 0 Å². The molecule has 0 spiro atoms. The summed E-state index contributed by atoms with van der Waals surface area (Å²) in [7, 11) is 0. The van der Waals surface area contributed by atoms with E-state index >= 15 is 0 Å². The van der Waals surface area contributed by atoms with E-state index in [1.165, 1.54) is 6.92 Å². The van der Waals surface area contributed by atoms with Crippen LogP contribution in [0.4, 0.5) is 0 Å². The van der Waals surface area contributed by atoms with Crippen molar-refractivity contribution in [1.29, 1.82) is 0 Å². The number of allylic oxidation sites excluding steroid dienone is 2. The fourth-order valence-electron chi connectivity index (χ4n) is 2.09. The van der Waals surface area contributed by atoms with E-state index in [4.69, 9.17) is 9.47 Å². The third kappa shape index (κ3) is 3.20. The summed E-state index contributed by atoms with van der Waals surface area (Å²) in [5.41, 5.74) is 0.740. The average Bonchev–Trinajstić information content (AvgIpc) is 2.85. The molecule has 2 atom stereocenters. The van der Waals surface area contributed by atoms with E-state index in [2.05, 4.69) is 0 Å². The van der Waals surface area contributed by atoms with Crippen molar-refractivity contribution in [3.63, 3.8) is 0 Å². The molecule has 0 radical (unpaired) electrons. The smallest absolute Gasteiger partial charge is 0.302 e. The van der Waals surface area contributed by atoms with Crippen LogP contribution in [0, 0.1) is 0 Å². The van der Waals surface area contributed by atoms with E-state index in [-0.39, 0.29) is 18.3 Å². The third-order valence-corrected chi connectivity index (χ3v) is 2.99. The fourth-order valence-corrected chi connectivity index (χ4v) is 2.09. The van der Waals surface area contributed by atoms with Crippen LogP contribution in [0.3, 0.4) is 0 Å². The normalized spacial score (nSPS) is 26.9. The van der Waals surface area contributed by atoms with Gasteiger partial charge in [-0.3, -0.25) is 9.59 Å². The van der Waals surface area contributed by atoms with Crippen LogP contribution >= 0.6 is 0 Å². The number of ether oxygens (including phenoxy) is 2. The van der Waals surface area contributed by atoms with Gasteiger partial charge in [0.1, 0.15) is 19.1 Å². The quantitative estimate of drug-likeness (QED) is 0.557. The van der Waals surface area contributed by atoms with Gasteiger partial charge in [0.2, 0.25) is 0 Å². The molecule has 2 rings (SSSR count). The van der Waals surface area contributed by atoms with Gasteiger partial charge in [-0.05, 0) is 19.3 Å². The Morgan fingerprint density at radius 2 is 2.44 bits per heavy atom. The molecule has 2 unspecified atom stereocenters. The molecule has 0 bridgehead atoms. The van der Waals surface area contributed by atoms with E-state index in [9.17, 15) is 9.59 Å². The number of aldehydes is 1. The van der Waals surface area contributed by atoms with Crippen molar-refractivity contribution in [2.45, 2.75) is 38.5 Å². The number of esters is 1. The molecule has 0 aromatic rings. The molecule has 1 saturated heterocycles. The van der Waals surface area contributed by atoms with Crippen LogP contribution in [0.2, 0.25) is 0 Å². The Bertz CT molecular complexity index is 388. The zero-order valence-corrected chi connectivity index (χ0v) is 10.4. The number of rotatable bonds is 4. The zero-order chi connectivity index (χ0) is 13.0. The molecule has 0 aromatic heterocycles. The van der Waals surface area contributed by atoms with E-state index in [0.717, 1.165) is 24.7 Å². The molecule has 5 nitrogen and oxygen atoms in total. The van der Waals surface area contributed by atoms with Crippen molar-refractivity contribution in [1.82, 2.24) is 4.90 Å². The van der Waals surface area contributed by atoms with Gasteiger partial charge >= 0.3 is 5.97 Å². The van der Waals surface area contributed by atoms with Crippen molar-refractivity contribution in [3.05, 3.63) is 24.0 Å². The highest BCUT2D eigenvalue weighted by atomic mass is 16.6. The van der Waals surface area contributed by atoms with Crippen LogP contribution in [0.15, 0.2) is 24.0 Å². The molecule has 2 aliphatic heterocycles. The Balaban J connectivity index is 1.86. The predicted molar refractivity (Wildman–Crippen MR) is 64.3 cm³/mol. The number of hydrogen-bond acceptors (Lipinski definition) is 5. The standard InChI is InChI=1S/C13H17NO4/c1-10(16)17-9-12-4-5-13(18-12)14-6-2-3-11(7-14)8-15/h2,6-8,12-13H,3-5,9H2,1H3. The monoisotopic (exact) mass is 251 g/mol. The molecule has 0 saturated carbocycles. The van der Waals surface area contributed by atoms with Crippen molar-refractivity contribution in [2.75, 3.05) is 6.61 Å². The maximum absolute atomic E-state index is 10.7. The number of carbonyl (C=O) groups excluding carboxylic acids is 2. The maximum Gasteiger partial charge on any atom is 0.302 e. The molecule has 0 aliphatic carbocycles.